The molecule has 1 N–H and O–H groups in total. The molecule has 6 rings (SSSR count). The number of nitrogens with one attached hydrogen (secondary N) is 1. The summed E-state index contributed by atoms with van der Waals surface area (Å²) in [5.41, 5.74) is 2.76. The first-order valence-electron chi connectivity index (χ1n) is 12.8. The average molecular weight is 566 g/mol. The van der Waals surface area contributed by atoms with E-state index < -0.39 is 22.0 Å². The van der Waals surface area contributed by atoms with E-state index in [4.69, 9.17) is 4.74 Å². The molecule has 2 aliphatic rings. The molecular formula is C27H27N5O5S2. The van der Waals surface area contributed by atoms with Crippen LogP contribution in [0.3, 0.4) is 0 Å². The van der Waals surface area contributed by atoms with Gasteiger partial charge in [0.25, 0.3) is 5.91 Å². The fraction of sp³-hybridized carbons (Fsp3) is 0.333. The number of amides is 2. The number of sulfonamides is 1. The van der Waals surface area contributed by atoms with Gasteiger partial charge in [-0.05, 0) is 49.6 Å². The summed E-state index contributed by atoms with van der Waals surface area (Å²) in [5, 5.41) is 4.51. The van der Waals surface area contributed by atoms with E-state index in [2.05, 4.69) is 14.1 Å². The molecular weight excluding hydrogens is 538 g/mol. The van der Waals surface area contributed by atoms with Crippen molar-refractivity contribution in [2.45, 2.75) is 36.6 Å². The minimum absolute atomic E-state index is 0.0610. The van der Waals surface area contributed by atoms with Crippen LogP contribution in [0.1, 0.15) is 36.0 Å². The Morgan fingerprint density at radius 1 is 1.13 bits per heavy atom. The predicted molar refractivity (Wildman–Crippen MR) is 150 cm³/mol. The number of piperidine rings is 1. The van der Waals surface area contributed by atoms with Gasteiger partial charge in [0, 0.05) is 48.8 Å². The lowest BCUT2D eigenvalue weighted by Crippen LogP contribution is -2.49. The molecule has 1 fully saturated rings. The van der Waals surface area contributed by atoms with E-state index in [9.17, 15) is 18.0 Å². The Kier molecular flexibility index (Phi) is 6.79. The van der Waals surface area contributed by atoms with Crippen LogP contribution in [0, 0.1) is 0 Å². The largest absolute Gasteiger partial charge is 0.385 e. The third-order valence-corrected chi connectivity index (χ3v) is 9.85. The van der Waals surface area contributed by atoms with Crippen LogP contribution >= 0.6 is 11.7 Å². The van der Waals surface area contributed by atoms with Gasteiger partial charge in [0.1, 0.15) is 22.0 Å². The SMILES string of the molecule is COCCCN1C(=O)c2cccc3c(NC(=O)C4CCCCN4S(=O)(=O)c4cccc5nsnc45)ccc1c23. The second-order valence-corrected chi connectivity index (χ2v) is 12.1. The quantitative estimate of drug-likeness (QED) is 0.320. The molecule has 3 heterocycles. The fourth-order valence-corrected chi connectivity index (χ4v) is 7.94. The van der Waals surface area contributed by atoms with Crippen molar-refractivity contribution in [2.75, 3.05) is 37.0 Å². The van der Waals surface area contributed by atoms with Crippen molar-refractivity contribution in [1.82, 2.24) is 13.1 Å². The number of aromatic nitrogens is 2. The first-order chi connectivity index (χ1) is 18.9. The number of anilines is 2. The molecule has 1 aromatic heterocycles. The van der Waals surface area contributed by atoms with Crippen LogP contribution in [0.5, 0.6) is 0 Å². The van der Waals surface area contributed by atoms with Gasteiger partial charge in [-0.3, -0.25) is 9.59 Å². The van der Waals surface area contributed by atoms with Crippen LogP contribution in [-0.4, -0.2) is 66.1 Å². The van der Waals surface area contributed by atoms with Gasteiger partial charge in [-0.1, -0.05) is 24.6 Å². The van der Waals surface area contributed by atoms with Gasteiger partial charge in [-0.25, -0.2) is 8.42 Å². The van der Waals surface area contributed by atoms with Crippen LogP contribution in [0.4, 0.5) is 11.4 Å². The lowest BCUT2D eigenvalue weighted by Gasteiger charge is -2.33. The van der Waals surface area contributed by atoms with Crippen LogP contribution in [0.25, 0.3) is 21.8 Å². The summed E-state index contributed by atoms with van der Waals surface area (Å²) in [6, 6.07) is 13.1. The Hall–Kier alpha value is -3.45. The Morgan fingerprint density at radius 2 is 1.97 bits per heavy atom. The maximum atomic E-state index is 13.8. The topological polar surface area (TPSA) is 122 Å². The summed E-state index contributed by atoms with van der Waals surface area (Å²) >= 11 is 0.957. The van der Waals surface area contributed by atoms with Gasteiger partial charge < -0.3 is 15.0 Å². The number of fused-ring (bicyclic) bond motifs is 1. The highest BCUT2D eigenvalue weighted by Gasteiger charge is 2.39. The smallest absolute Gasteiger partial charge is 0.258 e. The monoisotopic (exact) mass is 565 g/mol. The van der Waals surface area contributed by atoms with E-state index in [1.165, 1.54) is 10.4 Å². The van der Waals surface area contributed by atoms with E-state index in [0.717, 1.165) is 34.6 Å². The van der Waals surface area contributed by atoms with Gasteiger partial charge in [0.2, 0.25) is 15.9 Å². The molecule has 39 heavy (non-hydrogen) atoms. The second-order valence-electron chi connectivity index (χ2n) is 9.67. The molecule has 12 heteroatoms. The Morgan fingerprint density at radius 3 is 2.82 bits per heavy atom. The van der Waals surface area contributed by atoms with Gasteiger partial charge in [0.05, 0.1) is 17.4 Å². The number of benzene rings is 3. The van der Waals surface area contributed by atoms with Gasteiger partial charge in [-0.2, -0.15) is 13.1 Å². The summed E-state index contributed by atoms with van der Waals surface area (Å²) in [7, 11) is -2.37. The standard InChI is InChI=1S/C27H27N5O5S2/c1-37-16-6-14-31-21-13-12-19(17-7-4-8-18(24(17)21)27(31)34)28-26(33)22-10-2-3-15-32(22)39(35,36)23-11-5-9-20-25(23)30-38-29-20/h4-5,7-9,11-13,22H,2-3,6,10,14-16H2,1H3,(H,28,33). The van der Waals surface area contributed by atoms with Crippen molar-refractivity contribution in [3.8, 4) is 0 Å². The lowest BCUT2D eigenvalue weighted by atomic mass is 10.0. The second kappa shape index (κ2) is 10.3. The van der Waals surface area contributed by atoms with Crippen LogP contribution in [0.15, 0.2) is 53.4 Å². The first kappa shape index (κ1) is 25.8. The zero-order valence-electron chi connectivity index (χ0n) is 21.3. The molecule has 1 atom stereocenters. The average Bonchev–Trinajstić information content (AvgIpc) is 3.54. The zero-order chi connectivity index (χ0) is 27.1. The van der Waals surface area contributed by atoms with Crippen LogP contribution in [-0.2, 0) is 19.6 Å². The zero-order valence-corrected chi connectivity index (χ0v) is 22.9. The van der Waals surface area contributed by atoms with E-state index in [-0.39, 0.29) is 17.3 Å². The van der Waals surface area contributed by atoms with Crippen molar-refractivity contribution in [3.63, 3.8) is 0 Å². The third kappa shape index (κ3) is 4.37. The molecule has 0 saturated carbocycles. The number of rotatable bonds is 8. The number of hydrogen-bond donors (Lipinski definition) is 1. The molecule has 10 nitrogen and oxygen atoms in total. The molecule has 0 spiro atoms. The van der Waals surface area contributed by atoms with E-state index in [1.54, 1.807) is 42.3 Å². The Labute approximate surface area is 229 Å². The number of methoxy groups -OCH3 is 1. The third-order valence-electron chi connectivity index (χ3n) is 7.37. The summed E-state index contributed by atoms with van der Waals surface area (Å²) in [6.07, 6.45) is 2.51. The molecule has 2 aliphatic heterocycles. The van der Waals surface area contributed by atoms with Crippen molar-refractivity contribution in [2.24, 2.45) is 0 Å². The Bertz CT molecular complexity index is 1700. The molecule has 4 aromatic rings. The van der Waals surface area contributed by atoms with Crippen LogP contribution < -0.4 is 10.2 Å². The molecule has 0 bridgehead atoms. The van der Waals surface area contributed by atoms with E-state index in [1.807, 2.05) is 12.1 Å². The first-order valence-corrected chi connectivity index (χ1v) is 15.0. The Balaban J connectivity index is 1.31. The summed E-state index contributed by atoms with van der Waals surface area (Å²) in [5.74, 6) is -0.478. The maximum Gasteiger partial charge on any atom is 0.258 e. The number of carbonyl (C=O) groups is 2. The fourth-order valence-electron chi connectivity index (χ4n) is 5.53. The highest BCUT2D eigenvalue weighted by Crippen LogP contribution is 2.41. The molecule has 2 amide bonds. The van der Waals surface area contributed by atoms with Gasteiger partial charge >= 0.3 is 0 Å². The summed E-state index contributed by atoms with van der Waals surface area (Å²) in [4.78, 5) is 28.6. The number of hydrogen-bond acceptors (Lipinski definition) is 8. The maximum absolute atomic E-state index is 13.8. The normalized spacial score (nSPS) is 17.8. The molecule has 3 aromatic carbocycles. The molecule has 1 unspecified atom stereocenters. The summed E-state index contributed by atoms with van der Waals surface area (Å²) in [6.45, 7) is 1.31. The predicted octanol–water partition coefficient (Wildman–Crippen LogP) is 4.02. The summed E-state index contributed by atoms with van der Waals surface area (Å²) < 4.78 is 42.4. The highest BCUT2D eigenvalue weighted by atomic mass is 32.2. The molecule has 202 valence electrons. The van der Waals surface area contributed by atoms with Crippen molar-refractivity contribution >= 4 is 66.7 Å². The van der Waals surface area contributed by atoms with Gasteiger partial charge in [0.15, 0.2) is 0 Å². The van der Waals surface area contributed by atoms with Crippen molar-refractivity contribution in [3.05, 3.63) is 54.1 Å². The molecule has 0 aliphatic carbocycles. The van der Waals surface area contributed by atoms with E-state index >= 15 is 0 Å². The minimum Gasteiger partial charge on any atom is -0.385 e. The number of ether oxygens (including phenoxy) is 1. The molecule has 1 saturated heterocycles. The van der Waals surface area contributed by atoms with Crippen molar-refractivity contribution < 1.29 is 22.7 Å². The van der Waals surface area contributed by atoms with Crippen LogP contribution in [0.2, 0.25) is 0 Å². The molecule has 0 radical (unpaired) electrons. The highest BCUT2D eigenvalue weighted by molar-refractivity contribution is 7.89. The minimum atomic E-state index is -4.00. The van der Waals surface area contributed by atoms with Gasteiger partial charge in [-0.15, -0.1) is 0 Å². The lowest BCUT2D eigenvalue weighted by molar-refractivity contribution is -0.120. The number of nitrogens with zero attached hydrogens (tertiary/aromatic N) is 4. The van der Waals surface area contributed by atoms with Crippen molar-refractivity contribution in [1.29, 1.82) is 0 Å². The number of carbonyl (C=O) groups excluding carboxylic acids is 2. The van der Waals surface area contributed by atoms with E-state index in [0.29, 0.717) is 54.7 Å².